The molecule has 280 valence electrons. The molecule has 0 spiro atoms. The van der Waals surface area contributed by atoms with Crippen LogP contribution >= 0.6 is 0 Å². The maximum Gasteiger partial charge on any atom is 0.164 e. The summed E-state index contributed by atoms with van der Waals surface area (Å²) in [4.78, 5) is 15.4. The Labute approximate surface area is 349 Å². The van der Waals surface area contributed by atoms with Crippen LogP contribution in [0.4, 0.5) is 0 Å². The van der Waals surface area contributed by atoms with E-state index in [0.717, 1.165) is 50.1 Å². The van der Waals surface area contributed by atoms with E-state index in [9.17, 15) is 0 Å². The molecule has 3 heteroatoms. The monoisotopic (exact) mass is 763 g/mol. The van der Waals surface area contributed by atoms with Crippen molar-refractivity contribution in [1.82, 2.24) is 15.0 Å². The van der Waals surface area contributed by atoms with Gasteiger partial charge in [-0.3, -0.25) is 0 Å². The largest absolute Gasteiger partial charge is 0.208 e. The molecule has 11 rings (SSSR count). The van der Waals surface area contributed by atoms with Gasteiger partial charge in [-0.1, -0.05) is 212 Å². The fourth-order valence-corrected chi connectivity index (χ4v) is 8.54. The van der Waals surface area contributed by atoms with Gasteiger partial charge in [0.2, 0.25) is 0 Å². The summed E-state index contributed by atoms with van der Waals surface area (Å²) in [5, 5.41) is 7.57. The van der Waals surface area contributed by atoms with Crippen molar-refractivity contribution in [3.8, 4) is 78.7 Å². The highest BCUT2D eigenvalue weighted by molar-refractivity contribution is 6.20. The van der Waals surface area contributed by atoms with Crippen molar-refractivity contribution in [2.75, 3.05) is 0 Å². The lowest BCUT2D eigenvalue weighted by Gasteiger charge is -2.14. The van der Waals surface area contributed by atoms with Gasteiger partial charge in [-0.2, -0.15) is 0 Å². The predicted molar refractivity (Wildman–Crippen MR) is 250 cm³/mol. The average molecular weight is 764 g/mol. The minimum absolute atomic E-state index is 0.625. The van der Waals surface area contributed by atoms with Gasteiger partial charge >= 0.3 is 0 Å². The highest BCUT2D eigenvalue weighted by atomic mass is 15.0. The van der Waals surface area contributed by atoms with E-state index in [1.807, 2.05) is 18.2 Å². The number of hydrogen-bond acceptors (Lipinski definition) is 3. The molecule has 1 heterocycles. The normalized spacial score (nSPS) is 11.3. The van der Waals surface area contributed by atoms with Crippen molar-refractivity contribution in [3.63, 3.8) is 0 Å². The van der Waals surface area contributed by atoms with Crippen molar-refractivity contribution < 1.29 is 0 Å². The number of rotatable bonds is 7. The summed E-state index contributed by atoms with van der Waals surface area (Å²) in [7, 11) is 0. The van der Waals surface area contributed by atoms with Gasteiger partial charge in [0, 0.05) is 16.7 Å². The van der Waals surface area contributed by atoms with Crippen LogP contribution < -0.4 is 0 Å². The quantitative estimate of drug-likeness (QED) is 0.120. The van der Waals surface area contributed by atoms with E-state index >= 15 is 0 Å². The van der Waals surface area contributed by atoms with Crippen LogP contribution in [0.25, 0.3) is 111 Å². The van der Waals surface area contributed by atoms with Crippen LogP contribution in [-0.2, 0) is 0 Å². The van der Waals surface area contributed by atoms with Crippen LogP contribution in [0.5, 0.6) is 0 Å². The predicted octanol–water partition coefficient (Wildman–Crippen LogP) is 15.0. The molecule has 0 bridgehead atoms. The molecule has 11 aromatic rings. The second-order valence-corrected chi connectivity index (χ2v) is 15.2. The van der Waals surface area contributed by atoms with Gasteiger partial charge < -0.3 is 0 Å². The summed E-state index contributed by atoms with van der Waals surface area (Å²) < 4.78 is 0. The highest BCUT2D eigenvalue weighted by Gasteiger charge is 2.17. The van der Waals surface area contributed by atoms with Gasteiger partial charge in [-0.15, -0.1) is 0 Å². The van der Waals surface area contributed by atoms with Crippen LogP contribution in [0.15, 0.2) is 224 Å². The Hall–Kier alpha value is -8.01. The van der Waals surface area contributed by atoms with Crippen LogP contribution in [0.3, 0.4) is 0 Å². The van der Waals surface area contributed by atoms with E-state index in [4.69, 9.17) is 15.0 Å². The van der Waals surface area contributed by atoms with Gasteiger partial charge in [-0.25, -0.2) is 15.0 Å². The summed E-state index contributed by atoms with van der Waals surface area (Å²) in [5.74, 6) is 1.89. The van der Waals surface area contributed by atoms with Crippen LogP contribution in [0, 0.1) is 0 Å². The third-order valence-corrected chi connectivity index (χ3v) is 11.5. The Morgan fingerprint density at radius 3 is 1.45 bits per heavy atom. The lowest BCUT2D eigenvalue weighted by atomic mass is 9.89. The maximum atomic E-state index is 5.16. The number of aromatic nitrogens is 3. The van der Waals surface area contributed by atoms with Gasteiger partial charge in [0.05, 0.1) is 0 Å². The molecule has 3 nitrogen and oxygen atoms in total. The van der Waals surface area contributed by atoms with E-state index in [-0.39, 0.29) is 0 Å². The van der Waals surface area contributed by atoms with Crippen molar-refractivity contribution in [2.24, 2.45) is 0 Å². The molecule has 0 aliphatic carbocycles. The number of benzene rings is 10. The zero-order chi connectivity index (χ0) is 39.8. The fraction of sp³-hybridized carbons (Fsp3) is 0. The first-order chi connectivity index (χ1) is 29.7. The molecule has 0 aliphatic heterocycles. The third kappa shape index (κ3) is 6.49. The average Bonchev–Trinajstić information content (AvgIpc) is 3.34. The van der Waals surface area contributed by atoms with Gasteiger partial charge in [0.15, 0.2) is 17.5 Å². The van der Waals surface area contributed by atoms with Crippen molar-refractivity contribution in [3.05, 3.63) is 224 Å². The number of hydrogen-bond donors (Lipinski definition) is 0. The highest BCUT2D eigenvalue weighted by Crippen LogP contribution is 2.40. The van der Waals surface area contributed by atoms with E-state index in [1.165, 1.54) is 43.4 Å². The van der Waals surface area contributed by atoms with Gasteiger partial charge in [-0.05, 0) is 89.0 Å². The minimum Gasteiger partial charge on any atom is -0.208 e. The molecule has 0 fully saturated rings. The second-order valence-electron chi connectivity index (χ2n) is 15.2. The van der Waals surface area contributed by atoms with Crippen molar-refractivity contribution in [1.29, 1.82) is 0 Å². The molecule has 1 aromatic heterocycles. The maximum absolute atomic E-state index is 5.16. The van der Waals surface area contributed by atoms with Crippen LogP contribution in [0.1, 0.15) is 0 Å². The third-order valence-electron chi connectivity index (χ3n) is 11.5. The Morgan fingerprint density at radius 1 is 0.217 bits per heavy atom. The fourth-order valence-electron chi connectivity index (χ4n) is 8.54. The van der Waals surface area contributed by atoms with Crippen molar-refractivity contribution >= 4 is 32.3 Å². The summed E-state index contributed by atoms with van der Waals surface area (Å²) in [6.45, 7) is 0. The lowest BCUT2D eigenvalue weighted by Crippen LogP contribution is -2.01. The molecule has 0 N–H and O–H groups in total. The standard InChI is InChI=1S/C57H37N3/c1-3-14-38(15-4-1)45-20-13-21-47(36-45)56-58-55(59-57(60-56)52-25-12-11-22-48(52)41-16-5-2-6-17-41)44-32-28-40(29-33-44)39-26-30-43(31-27-39)54-50-24-10-8-19-46(50)37-53-49-23-9-7-18-42(49)34-35-51(53)54/h1-37H. The molecule has 10 aromatic carbocycles. The van der Waals surface area contributed by atoms with Gasteiger partial charge in [0.25, 0.3) is 0 Å². The second kappa shape index (κ2) is 15.1. The Balaban J connectivity index is 0.983. The smallest absolute Gasteiger partial charge is 0.164 e. The molecule has 0 atom stereocenters. The summed E-state index contributed by atoms with van der Waals surface area (Å²) in [5.41, 5.74) is 12.0. The topological polar surface area (TPSA) is 38.7 Å². The first kappa shape index (κ1) is 35.2. The molecule has 0 radical (unpaired) electrons. The summed E-state index contributed by atoms with van der Waals surface area (Å²) in [6, 6.07) is 79.5. The minimum atomic E-state index is 0.625. The molecule has 0 saturated carbocycles. The zero-order valence-corrected chi connectivity index (χ0v) is 32.7. The van der Waals surface area contributed by atoms with Gasteiger partial charge in [0.1, 0.15) is 0 Å². The first-order valence-electron chi connectivity index (χ1n) is 20.3. The first-order valence-corrected chi connectivity index (χ1v) is 20.3. The lowest BCUT2D eigenvalue weighted by molar-refractivity contribution is 1.07. The Kier molecular flexibility index (Phi) is 8.83. The van der Waals surface area contributed by atoms with Crippen LogP contribution in [0.2, 0.25) is 0 Å². The van der Waals surface area contributed by atoms with Crippen LogP contribution in [-0.4, -0.2) is 15.0 Å². The summed E-state index contributed by atoms with van der Waals surface area (Å²) >= 11 is 0. The summed E-state index contributed by atoms with van der Waals surface area (Å²) in [6.07, 6.45) is 0. The number of nitrogens with zero attached hydrogens (tertiary/aromatic N) is 3. The van der Waals surface area contributed by atoms with E-state index in [0.29, 0.717) is 17.5 Å². The zero-order valence-electron chi connectivity index (χ0n) is 32.7. The van der Waals surface area contributed by atoms with E-state index in [2.05, 4.69) is 206 Å². The molecule has 0 amide bonds. The number of fused-ring (bicyclic) bond motifs is 4. The molecule has 60 heavy (non-hydrogen) atoms. The molecule has 0 unspecified atom stereocenters. The SMILES string of the molecule is c1ccc(-c2cccc(-c3nc(-c4ccc(-c5ccc(-c6c7ccccc7cc7c6ccc6ccccc67)cc5)cc4)nc(-c4ccccc4-c4ccccc4)n3)c2)cc1. The Bertz CT molecular complexity index is 3340. The van der Waals surface area contributed by atoms with Crippen molar-refractivity contribution in [2.45, 2.75) is 0 Å². The molecule has 0 aliphatic rings. The Morgan fingerprint density at radius 2 is 0.717 bits per heavy atom. The van der Waals surface area contributed by atoms with E-state index in [1.54, 1.807) is 0 Å². The van der Waals surface area contributed by atoms with E-state index < -0.39 is 0 Å². The molecular weight excluding hydrogens is 727 g/mol. The molecular formula is C57H37N3. The molecule has 0 saturated heterocycles.